The van der Waals surface area contributed by atoms with Gasteiger partial charge in [0.15, 0.2) is 11.5 Å². The largest absolute Gasteiger partial charge is 0.454 e. The second-order valence-electron chi connectivity index (χ2n) is 4.11. The molecule has 18 heavy (non-hydrogen) atoms. The quantitative estimate of drug-likeness (QED) is 0.906. The SMILES string of the molecule is CC(c1ccc2c(c1)OCO2)n1ncc(Cl)c1N. The van der Waals surface area contributed by atoms with Crippen molar-refractivity contribution in [2.45, 2.75) is 13.0 Å². The first-order valence-electron chi connectivity index (χ1n) is 5.55. The number of nitrogens with two attached hydrogens (primary N) is 1. The van der Waals surface area contributed by atoms with Crippen molar-refractivity contribution in [1.29, 1.82) is 0 Å². The molecule has 0 amide bonds. The first kappa shape index (κ1) is 11.2. The Labute approximate surface area is 109 Å². The molecule has 0 radical (unpaired) electrons. The monoisotopic (exact) mass is 265 g/mol. The van der Waals surface area contributed by atoms with E-state index in [9.17, 15) is 0 Å². The fraction of sp³-hybridized carbons (Fsp3) is 0.250. The van der Waals surface area contributed by atoms with E-state index in [2.05, 4.69) is 5.10 Å². The van der Waals surface area contributed by atoms with E-state index in [1.807, 2.05) is 25.1 Å². The van der Waals surface area contributed by atoms with Gasteiger partial charge in [-0.05, 0) is 24.6 Å². The van der Waals surface area contributed by atoms with E-state index in [1.165, 1.54) is 0 Å². The Bertz CT molecular complexity index is 597. The molecule has 2 heterocycles. The minimum Gasteiger partial charge on any atom is -0.454 e. The first-order chi connectivity index (χ1) is 8.66. The van der Waals surface area contributed by atoms with E-state index in [-0.39, 0.29) is 12.8 Å². The summed E-state index contributed by atoms with van der Waals surface area (Å²) in [6.45, 7) is 2.26. The van der Waals surface area contributed by atoms with Gasteiger partial charge in [-0.1, -0.05) is 17.7 Å². The highest BCUT2D eigenvalue weighted by molar-refractivity contribution is 6.32. The summed E-state index contributed by atoms with van der Waals surface area (Å²) >= 11 is 5.90. The van der Waals surface area contributed by atoms with Gasteiger partial charge in [0.25, 0.3) is 0 Å². The molecule has 1 unspecified atom stereocenters. The topological polar surface area (TPSA) is 62.3 Å². The highest BCUT2D eigenvalue weighted by atomic mass is 35.5. The highest BCUT2D eigenvalue weighted by Crippen LogP contribution is 2.35. The molecule has 1 aliphatic heterocycles. The Morgan fingerprint density at radius 1 is 1.39 bits per heavy atom. The van der Waals surface area contributed by atoms with Gasteiger partial charge >= 0.3 is 0 Å². The molecular formula is C12H12ClN3O2. The lowest BCUT2D eigenvalue weighted by molar-refractivity contribution is 0.174. The van der Waals surface area contributed by atoms with E-state index in [1.54, 1.807) is 10.9 Å². The molecule has 0 fully saturated rings. The number of ether oxygens (including phenoxy) is 2. The molecule has 1 aromatic carbocycles. The normalized spacial score (nSPS) is 14.8. The van der Waals surface area contributed by atoms with Gasteiger partial charge in [0.2, 0.25) is 6.79 Å². The Balaban J connectivity index is 1.97. The third kappa shape index (κ3) is 1.67. The molecule has 3 rings (SSSR count). The van der Waals surface area contributed by atoms with Crippen LogP contribution in [0.2, 0.25) is 5.02 Å². The average Bonchev–Trinajstić information content (AvgIpc) is 2.96. The summed E-state index contributed by atoms with van der Waals surface area (Å²) in [5.41, 5.74) is 6.90. The van der Waals surface area contributed by atoms with Crippen LogP contribution in [0.1, 0.15) is 18.5 Å². The van der Waals surface area contributed by atoms with Crippen LogP contribution in [0.25, 0.3) is 0 Å². The highest BCUT2D eigenvalue weighted by Gasteiger charge is 2.18. The Hall–Kier alpha value is -1.88. The molecule has 0 saturated carbocycles. The van der Waals surface area contributed by atoms with Crippen LogP contribution in [-0.4, -0.2) is 16.6 Å². The maximum atomic E-state index is 5.90. The number of nitrogens with zero attached hydrogens (tertiary/aromatic N) is 2. The fourth-order valence-electron chi connectivity index (χ4n) is 1.97. The van der Waals surface area contributed by atoms with Crippen LogP contribution < -0.4 is 15.2 Å². The summed E-state index contributed by atoms with van der Waals surface area (Å²) < 4.78 is 12.3. The van der Waals surface area contributed by atoms with Crippen LogP contribution in [0.5, 0.6) is 11.5 Å². The van der Waals surface area contributed by atoms with Crippen LogP contribution in [0.15, 0.2) is 24.4 Å². The molecule has 0 saturated heterocycles. The molecule has 1 aliphatic rings. The zero-order valence-corrected chi connectivity index (χ0v) is 10.5. The number of hydrogen-bond acceptors (Lipinski definition) is 4. The van der Waals surface area contributed by atoms with Crippen LogP contribution >= 0.6 is 11.6 Å². The maximum absolute atomic E-state index is 5.90. The van der Waals surface area contributed by atoms with E-state index < -0.39 is 0 Å². The lowest BCUT2D eigenvalue weighted by Crippen LogP contribution is -2.11. The van der Waals surface area contributed by atoms with Crippen molar-refractivity contribution in [1.82, 2.24) is 9.78 Å². The molecule has 0 aliphatic carbocycles. The number of hydrogen-bond donors (Lipinski definition) is 1. The van der Waals surface area contributed by atoms with Gasteiger partial charge in [0.05, 0.1) is 12.2 Å². The number of nitrogen functional groups attached to an aromatic ring is 1. The van der Waals surface area contributed by atoms with Crippen molar-refractivity contribution in [3.8, 4) is 11.5 Å². The van der Waals surface area contributed by atoms with E-state index in [0.717, 1.165) is 17.1 Å². The minimum atomic E-state index is -0.0213. The second-order valence-corrected chi connectivity index (χ2v) is 4.52. The summed E-state index contributed by atoms with van der Waals surface area (Å²) in [6, 6.07) is 5.76. The number of anilines is 1. The molecule has 94 valence electrons. The minimum absolute atomic E-state index is 0.0213. The third-order valence-corrected chi connectivity index (χ3v) is 3.32. The van der Waals surface area contributed by atoms with Crippen molar-refractivity contribution in [2.24, 2.45) is 0 Å². The zero-order valence-electron chi connectivity index (χ0n) is 9.76. The Morgan fingerprint density at radius 3 is 2.89 bits per heavy atom. The van der Waals surface area contributed by atoms with Crippen molar-refractivity contribution in [2.75, 3.05) is 12.5 Å². The summed E-state index contributed by atoms with van der Waals surface area (Å²) in [5.74, 6) is 1.97. The van der Waals surface area contributed by atoms with Crippen LogP contribution in [0, 0.1) is 0 Å². The number of aromatic nitrogens is 2. The molecule has 6 heteroatoms. The fourth-order valence-corrected chi connectivity index (χ4v) is 2.10. The summed E-state index contributed by atoms with van der Waals surface area (Å²) in [4.78, 5) is 0. The summed E-state index contributed by atoms with van der Waals surface area (Å²) in [5, 5.41) is 4.63. The van der Waals surface area contributed by atoms with Crippen LogP contribution in [0.3, 0.4) is 0 Å². The molecule has 0 spiro atoms. The summed E-state index contributed by atoms with van der Waals surface area (Å²) in [7, 11) is 0. The molecule has 2 N–H and O–H groups in total. The summed E-state index contributed by atoms with van der Waals surface area (Å²) in [6.07, 6.45) is 1.54. The van der Waals surface area contributed by atoms with E-state index in [4.69, 9.17) is 26.8 Å². The number of fused-ring (bicyclic) bond motifs is 1. The first-order valence-corrected chi connectivity index (χ1v) is 5.92. The Kier molecular flexibility index (Phi) is 2.56. The third-order valence-electron chi connectivity index (χ3n) is 3.03. The Morgan fingerprint density at radius 2 is 2.17 bits per heavy atom. The predicted molar refractivity (Wildman–Crippen MR) is 68.0 cm³/mol. The molecule has 1 atom stereocenters. The molecule has 2 aromatic rings. The lowest BCUT2D eigenvalue weighted by Gasteiger charge is -2.14. The predicted octanol–water partition coefficient (Wildman–Crippen LogP) is 2.46. The van der Waals surface area contributed by atoms with Gasteiger partial charge < -0.3 is 15.2 Å². The number of rotatable bonds is 2. The molecule has 1 aromatic heterocycles. The van der Waals surface area contributed by atoms with E-state index >= 15 is 0 Å². The van der Waals surface area contributed by atoms with Crippen molar-refractivity contribution in [3.63, 3.8) is 0 Å². The zero-order chi connectivity index (χ0) is 12.7. The maximum Gasteiger partial charge on any atom is 0.231 e. The van der Waals surface area contributed by atoms with Crippen LogP contribution in [0.4, 0.5) is 5.82 Å². The molecule has 5 nitrogen and oxygen atoms in total. The lowest BCUT2D eigenvalue weighted by atomic mass is 10.1. The van der Waals surface area contributed by atoms with E-state index in [0.29, 0.717) is 10.8 Å². The smallest absolute Gasteiger partial charge is 0.231 e. The number of halogens is 1. The number of benzene rings is 1. The van der Waals surface area contributed by atoms with Gasteiger partial charge in [-0.2, -0.15) is 5.10 Å². The molecular weight excluding hydrogens is 254 g/mol. The second kappa shape index (κ2) is 4.10. The van der Waals surface area contributed by atoms with Gasteiger partial charge in [-0.15, -0.1) is 0 Å². The van der Waals surface area contributed by atoms with Crippen molar-refractivity contribution >= 4 is 17.4 Å². The van der Waals surface area contributed by atoms with Gasteiger partial charge in [-0.3, -0.25) is 0 Å². The van der Waals surface area contributed by atoms with Gasteiger partial charge in [0, 0.05) is 0 Å². The standard InChI is InChI=1S/C12H12ClN3O2/c1-7(16-12(14)9(13)5-15-16)8-2-3-10-11(4-8)18-6-17-10/h2-5,7H,6,14H2,1H3. The van der Waals surface area contributed by atoms with Crippen molar-refractivity contribution < 1.29 is 9.47 Å². The van der Waals surface area contributed by atoms with Crippen LogP contribution in [-0.2, 0) is 0 Å². The molecule has 0 bridgehead atoms. The average molecular weight is 266 g/mol. The van der Waals surface area contributed by atoms with Crippen molar-refractivity contribution in [3.05, 3.63) is 35.0 Å². The van der Waals surface area contributed by atoms with Gasteiger partial charge in [-0.25, -0.2) is 4.68 Å². The van der Waals surface area contributed by atoms with Gasteiger partial charge in [0.1, 0.15) is 10.8 Å².